The van der Waals surface area contributed by atoms with E-state index in [1.54, 1.807) is 56.5 Å². The fourth-order valence-electron chi connectivity index (χ4n) is 4.34. The first-order valence-electron chi connectivity index (χ1n) is 13.5. The van der Waals surface area contributed by atoms with E-state index in [9.17, 15) is 18.0 Å². The molecule has 0 radical (unpaired) electrons. The minimum absolute atomic E-state index is 0.0122. The summed E-state index contributed by atoms with van der Waals surface area (Å²) in [5.74, 6) is -0.297. The molecule has 0 spiro atoms. The Balaban J connectivity index is 2.11. The molecule has 0 aliphatic rings. The molecular weight excluding hydrogens is 597 g/mol. The fourth-order valence-corrected chi connectivity index (χ4v) is 6.21. The van der Waals surface area contributed by atoms with Gasteiger partial charge in [0.15, 0.2) is 0 Å². The van der Waals surface area contributed by atoms with Gasteiger partial charge in [-0.05, 0) is 76.1 Å². The molecule has 0 saturated carbocycles. The van der Waals surface area contributed by atoms with Crippen LogP contribution in [0.15, 0.2) is 71.6 Å². The molecule has 0 unspecified atom stereocenters. The molecule has 0 fully saturated rings. The summed E-state index contributed by atoms with van der Waals surface area (Å²) in [4.78, 5) is 29.0. The summed E-state index contributed by atoms with van der Waals surface area (Å²) >= 11 is 12.8. The number of amides is 2. The maximum Gasteiger partial charge on any atom is 0.264 e. The third-order valence-electron chi connectivity index (χ3n) is 6.48. The van der Waals surface area contributed by atoms with Gasteiger partial charge in [0.05, 0.1) is 27.7 Å². The van der Waals surface area contributed by atoms with Gasteiger partial charge in [0.1, 0.15) is 18.3 Å². The predicted molar refractivity (Wildman–Crippen MR) is 168 cm³/mol. The van der Waals surface area contributed by atoms with Crippen molar-refractivity contribution in [3.63, 3.8) is 0 Å². The average molecular weight is 635 g/mol. The number of nitrogens with zero attached hydrogens (tertiary/aromatic N) is 2. The highest BCUT2D eigenvalue weighted by molar-refractivity contribution is 7.92. The summed E-state index contributed by atoms with van der Waals surface area (Å²) in [5.41, 5.74) is 1.11. The lowest BCUT2D eigenvalue weighted by Gasteiger charge is -2.35. The average Bonchev–Trinajstić information content (AvgIpc) is 2.92. The molecule has 0 aromatic heterocycles. The number of anilines is 1. The first-order chi connectivity index (χ1) is 19.7. The Hall–Kier alpha value is -3.27. The van der Waals surface area contributed by atoms with Crippen molar-refractivity contribution in [2.75, 3.05) is 18.0 Å². The Morgan fingerprint density at radius 2 is 1.60 bits per heavy atom. The number of carbonyl (C=O) groups is 2. The highest BCUT2D eigenvalue weighted by Gasteiger charge is 2.35. The lowest BCUT2D eigenvalue weighted by atomic mass is 10.1. The maximum atomic E-state index is 14.2. The number of hydrogen-bond donors (Lipinski definition) is 1. The molecule has 3 rings (SSSR count). The van der Waals surface area contributed by atoms with Gasteiger partial charge in [0, 0.05) is 12.1 Å². The van der Waals surface area contributed by atoms with Crippen LogP contribution in [-0.2, 0) is 26.2 Å². The molecular formula is C31H37Cl2N3O5S. The third-order valence-corrected chi connectivity index (χ3v) is 9.07. The summed E-state index contributed by atoms with van der Waals surface area (Å²) in [5, 5.41) is 3.07. The van der Waals surface area contributed by atoms with Gasteiger partial charge in [0.2, 0.25) is 11.8 Å². The van der Waals surface area contributed by atoms with Crippen LogP contribution in [-0.4, -0.2) is 50.4 Å². The molecule has 0 heterocycles. The SMILES string of the molecule is CC[C@@H](C(=O)NC(C)(C)C)N(Cc1ccc(OC)cc1)C(=O)CN(c1cccc(Cl)c1Cl)S(=O)(=O)c1ccc(C)cc1. The van der Waals surface area contributed by atoms with E-state index in [1.165, 1.54) is 29.2 Å². The number of sulfonamides is 1. The van der Waals surface area contributed by atoms with Crippen LogP contribution in [0.1, 0.15) is 45.2 Å². The Morgan fingerprint density at radius 1 is 0.976 bits per heavy atom. The molecule has 1 N–H and O–H groups in total. The molecule has 3 aromatic carbocycles. The van der Waals surface area contributed by atoms with Crippen molar-refractivity contribution in [2.24, 2.45) is 0 Å². The van der Waals surface area contributed by atoms with Crippen LogP contribution in [0.5, 0.6) is 5.75 Å². The van der Waals surface area contributed by atoms with Gasteiger partial charge in [-0.1, -0.05) is 66.0 Å². The number of hydrogen-bond acceptors (Lipinski definition) is 5. The van der Waals surface area contributed by atoms with E-state index in [1.807, 2.05) is 27.7 Å². The number of halogens is 2. The van der Waals surface area contributed by atoms with Crippen LogP contribution in [0, 0.1) is 6.92 Å². The van der Waals surface area contributed by atoms with Crippen LogP contribution >= 0.6 is 23.2 Å². The second-order valence-corrected chi connectivity index (χ2v) is 13.6. The molecule has 1 atom stereocenters. The van der Waals surface area contributed by atoms with E-state index >= 15 is 0 Å². The molecule has 226 valence electrons. The van der Waals surface area contributed by atoms with Gasteiger partial charge >= 0.3 is 0 Å². The highest BCUT2D eigenvalue weighted by Crippen LogP contribution is 2.35. The van der Waals surface area contributed by atoms with Crippen molar-refractivity contribution in [2.45, 2.75) is 64.1 Å². The minimum Gasteiger partial charge on any atom is -0.497 e. The van der Waals surface area contributed by atoms with E-state index < -0.39 is 34.1 Å². The van der Waals surface area contributed by atoms with E-state index in [4.69, 9.17) is 27.9 Å². The molecule has 42 heavy (non-hydrogen) atoms. The Labute approximate surface area is 258 Å². The second-order valence-electron chi connectivity index (χ2n) is 10.9. The summed E-state index contributed by atoms with van der Waals surface area (Å²) < 4.78 is 34.2. The van der Waals surface area contributed by atoms with Crippen LogP contribution in [0.3, 0.4) is 0 Å². The lowest BCUT2D eigenvalue weighted by Crippen LogP contribution is -2.55. The van der Waals surface area contributed by atoms with Crippen molar-refractivity contribution < 1.29 is 22.7 Å². The monoisotopic (exact) mass is 633 g/mol. The van der Waals surface area contributed by atoms with Gasteiger partial charge in [-0.15, -0.1) is 0 Å². The van der Waals surface area contributed by atoms with Crippen molar-refractivity contribution in [1.29, 1.82) is 0 Å². The van der Waals surface area contributed by atoms with Crippen LogP contribution < -0.4 is 14.4 Å². The number of ether oxygens (including phenoxy) is 1. The normalized spacial score (nSPS) is 12.4. The minimum atomic E-state index is -4.28. The molecule has 0 aliphatic heterocycles. The molecule has 2 amide bonds. The number of nitrogens with one attached hydrogen (secondary N) is 1. The van der Waals surface area contributed by atoms with Gasteiger partial charge in [-0.2, -0.15) is 0 Å². The van der Waals surface area contributed by atoms with Crippen molar-refractivity contribution in [3.05, 3.63) is 87.9 Å². The molecule has 0 saturated heterocycles. The number of methoxy groups -OCH3 is 1. The quantitative estimate of drug-likeness (QED) is 0.270. The molecule has 11 heteroatoms. The molecule has 8 nitrogen and oxygen atoms in total. The number of rotatable bonds is 11. The van der Waals surface area contributed by atoms with E-state index in [2.05, 4.69) is 5.32 Å². The Morgan fingerprint density at radius 3 is 2.14 bits per heavy atom. The number of carbonyl (C=O) groups excluding carboxylic acids is 2. The number of benzene rings is 3. The first-order valence-corrected chi connectivity index (χ1v) is 15.7. The van der Waals surface area contributed by atoms with Crippen LogP contribution in [0.2, 0.25) is 10.0 Å². The third kappa shape index (κ3) is 8.18. The zero-order valence-electron chi connectivity index (χ0n) is 24.6. The van der Waals surface area contributed by atoms with E-state index in [0.29, 0.717) is 12.2 Å². The van der Waals surface area contributed by atoms with Crippen LogP contribution in [0.4, 0.5) is 5.69 Å². The topological polar surface area (TPSA) is 96.0 Å². The highest BCUT2D eigenvalue weighted by atomic mass is 35.5. The largest absolute Gasteiger partial charge is 0.497 e. The molecule has 0 bridgehead atoms. The maximum absolute atomic E-state index is 14.2. The fraction of sp³-hybridized carbons (Fsp3) is 0.355. The summed E-state index contributed by atoms with van der Waals surface area (Å²) in [6.07, 6.45) is 0.298. The summed E-state index contributed by atoms with van der Waals surface area (Å²) in [6.45, 7) is 8.64. The Kier molecular flexibility index (Phi) is 10.9. The second kappa shape index (κ2) is 13.8. The Bertz CT molecular complexity index is 1510. The zero-order valence-corrected chi connectivity index (χ0v) is 27.0. The standard InChI is InChI=1S/C31H37Cl2N3O5S/c1-7-26(30(38)34-31(3,4)5)35(19-22-13-15-23(41-6)16-14-22)28(37)20-36(27-10-8-9-25(32)29(27)33)42(39,40)24-17-11-21(2)12-18-24/h8-18,26H,7,19-20H2,1-6H3,(H,34,38)/t26-/m0/s1. The smallest absolute Gasteiger partial charge is 0.264 e. The van der Waals surface area contributed by atoms with Crippen molar-refractivity contribution in [1.82, 2.24) is 10.2 Å². The van der Waals surface area contributed by atoms with E-state index in [0.717, 1.165) is 15.4 Å². The summed E-state index contributed by atoms with van der Waals surface area (Å²) in [6, 6.07) is 17.1. The van der Waals surface area contributed by atoms with Crippen molar-refractivity contribution >= 4 is 50.7 Å². The predicted octanol–water partition coefficient (Wildman–Crippen LogP) is 6.23. The van der Waals surface area contributed by atoms with Gasteiger partial charge in [0.25, 0.3) is 10.0 Å². The number of aryl methyl sites for hydroxylation is 1. The lowest BCUT2D eigenvalue weighted by molar-refractivity contribution is -0.141. The van der Waals surface area contributed by atoms with Crippen LogP contribution in [0.25, 0.3) is 0 Å². The molecule has 3 aromatic rings. The van der Waals surface area contributed by atoms with E-state index in [-0.39, 0.29) is 33.1 Å². The van der Waals surface area contributed by atoms with Gasteiger partial charge < -0.3 is 15.0 Å². The van der Waals surface area contributed by atoms with Gasteiger partial charge in [-0.25, -0.2) is 8.42 Å². The molecule has 0 aliphatic carbocycles. The zero-order chi connectivity index (χ0) is 31.2. The van der Waals surface area contributed by atoms with Gasteiger partial charge in [-0.3, -0.25) is 13.9 Å². The summed E-state index contributed by atoms with van der Waals surface area (Å²) in [7, 11) is -2.72. The first kappa shape index (κ1) is 33.2. The van der Waals surface area contributed by atoms with Crippen molar-refractivity contribution in [3.8, 4) is 5.75 Å².